The molecule has 0 bridgehead atoms. The lowest BCUT2D eigenvalue weighted by molar-refractivity contribution is 0.627. The fraction of sp³-hybridized carbons (Fsp3) is 0.118. The van der Waals surface area contributed by atoms with Crippen molar-refractivity contribution in [2.24, 2.45) is 0 Å². The smallest absolute Gasteiger partial charge is 0.225 e. The molecular formula is C17H16FN5. The summed E-state index contributed by atoms with van der Waals surface area (Å²) >= 11 is 0. The van der Waals surface area contributed by atoms with E-state index in [0.717, 1.165) is 16.9 Å². The zero-order chi connectivity index (χ0) is 16.2. The van der Waals surface area contributed by atoms with E-state index in [2.05, 4.69) is 25.6 Å². The highest BCUT2D eigenvalue weighted by Crippen LogP contribution is 2.24. The normalized spacial score (nSPS) is 10.4. The molecule has 0 amide bonds. The first-order valence-electron chi connectivity index (χ1n) is 7.17. The van der Waals surface area contributed by atoms with Gasteiger partial charge in [0.1, 0.15) is 11.6 Å². The molecular weight excluding hydrogens is 293 g/mol. The SMILES string of the molecule is CNc1nc(Nc2ccc(F)cc2C)cc(-c2ccccn2)n1. The monoisotopic (exact) mass is 309 g/mol. The summed E-state index contributed by atoms with van der Waals surface area (Å²) in [5.41, 5.74) is 3.05. The van der Waals surface area contributed by atoms with Crippen molar-refractivity contribution < 1.29 is 4.39 Å². The van der Waals surface area contributed by atoms with Crippen LogP contribution >= 0.6 is 0 Å². The van der Waals surface area contributed by atoms with Crippen molar-refractivity contribution in [3.63, 3.8) is 0 Å². The van der Waals surface area contributed by atoms with Gasteiger partial charge in [0.05, 0.1) is 11.4 Å². The zero-order valence-corrected chi connectivity index (χ0v) is 12.8. The van der Waals surface area contributed by atoms with Gasteiger partial charge in [-0.1, -0.05) is 6.07 Å². The second-order valence-electron chi connectivity index (χ2n) is 5.01. The number of halogens is 1. The first kappa shape index (κ1) is 14.9. The summed E-state index contributed by atoms with van der Waals surface area (Å²) in [5.74, 6) is 0.830. The lowest BCUT2D eigenvalue weighted by Gasteiger charge is -2.11. The van der Waals surface area contributed by atoms with Crippen LogP contribution in [-0.4, -0.2) is 22.0 Å². The Hall–Kier alpha value is -3.02. The molecule has 3 aromatic rings. The molecule has 0 radical (unpaired) electrons. The maximum atomic E-state index is 13.2. The first-order chi connectivity index (χ1) is 11.2. The molecule has 3 rings (SSSR count). The van der Waals surface area contributed by atoms with Gasteiger partial charge in [0.25, 0.3) is 0 Å². The van der Waals surface area contributed by atoms with Crippen LogP contribution < -0.4 is 10.6 Å². The third-order valence-corrected chi connectivity index (χ3v) is 3.33. The van der Waals surface area contributed by atoms with Crippen LogP contribution in [0.4, 0.5) is 21.8 Å². The first-order valence-corrected chi connectivity index (χ1v) is 7.17. The minimum Gasteiger partial charge on any atom is -0.357 e. The number of pyridine rings is 1. The molecule has 6 heteroatoms. The fourth-order valence-electron chi connectivity index (χ4n) is 2.17. The van der Waals surface area contributed by atoms with E-state index in [1.165, 1.54) is 12.1 Å². The summed E-state index contributed by atoms with van der Waals surface area (Å²) < 4.78 is 13.2. The summed E-state index contributed by atoms with van der Waals surface area (Å²) in [6.45, 7) is 1.84. The maximum absolute atomic E-state index is 13.2. The second-order valence-corrected chi connectivity index (χ2v) is 5.01. The third-order valence-electron chi connectivity index (χ3n) is 3.33. The average molecular weight is 309 g/mol. The molecule has 0 unspecified atom stereocenters. The van der Waals surface area contributed by atoms with Crippen LogP contribution in [0.1, 0.15) is 5.56 Å². The Labute approximate surface area is 133 Å². The predicted octanol–water partition coefficient (Wildman–Crippen LogP) is 3.77. The standard InChI is InChI=1S/C17H16FN5/c1-11-9-12(18)6-7-13(11)21-16-10-15(22-17(19-2)23-16)14-5-3-4-8-20-14/h3-10H,1-2H3,(H2,19,21,22,23). The van der Waals surface area contributed by atoms with Crippen molar-refractivity contribution in [2.75, 3.05) is 17.7 Å². The lowest BCUT2D eigenvalue weighted by atomic mass is 10.2. The predicted molar refractivity (Wildman–Crippen MR) is 89.2 cm³/mol. The van der Waals surface area contributed by atoms with E-state index in [1.807, 2.05) is 31.2 Å². The van der Waals surface area contributed by atoms with E-state index in [1.54, 1.807) is 19.3 Å². The number of nitrogens with zero attached hydrogens (tertiary/aromatic N) is 3. The van der Waals surface area contributed by atoms with E-state index in [4.69, 9.17) is 0 Å². The van der Waals surface area contributed by atoms with Gasteiger partial charge in [-0.15, -0.1) is 0 Å². The van der Waals surface area contributed by atoms with E-state index in [-0.39, 0.29) is 5.82 Å². The van der Waals surface area contributed by atoms with Gasteiger partial charge in [-0.05, 0) is 42.8 Å². The number of nitrogens with one attached hydrogen (secondary N) is 2. The summed E-state index contributed by atoms with van der Waals surface area (Å²) in [6, 6.07) is 12.0. The summed E-state index contributed by atoms with van der Waals surface area (Å²) in [5, 5.41) is 6.14. The Kier molecular flexibility index (Phi) is 4.14. The van der Waals surface area contributed by atoms with Gasteiger partial charge in [0.2, 0.25) is 5.95 Å². The molecule has 23 heavy (non-hydrogen) atoms. The van der Waals surface area contributed by atoms with E-state index >= 15 is 0 Å². The molecule has 0 aliphatic carbocycles. The fourth-order valence-corrected chi connectivity index (χ4v) is 2.17. The van der Waals surface area contributed by atoms with Crippen molar-refractivity contribution in [3.8, 4) is 11.4 Å². The number of aromatic nitrogens is 3. The molecule has 0 spiro atoms. The second kappa shape index (κ2) is 6.39. The number of aryl methyl sites for hydroxylation is 1. The van der Waals surface area contributed by atoms with Crippen molar-refractivity contribution >= 4 is 17.5 Å². The number of hydrogen-bond acceptors (Lipinski definition) is 5. The zero-order valence-electron chi connectivity index (χ0n) is 12.8. The Bertz CT molecular complexity index is 820. The molecule has 2 heterocycles. The minimum atomic E-state index is -0.263. The highest BCUT2D eigenvalue weighted by atomic mass is 19.1. The van der Waals surface area contributed by atoms with Crippen LogP contribution in [0.5, 0.6) is 0 Å². The van der Waals surface area contributed by atoms with Crippen molar-refractivity contribution in [2.45, 2.75) is 6.92 Å². The van der Waals surface area contributed by atoms with Crippen molar-refractivity contribution in [1.29, 1.82) is 0 Å². The molecule has 0 saturated heterocycles. The van der Waals surface area contributed by atoms with Crippen LogP contribution in [0.15, 0.2) is 48.7 Å². The van der Waals surface area contributed by atoms with E-state index in [9.17, 15) is 4.39 Å². The molecule has 0 aliphatic heterocycles. The van der Waals surface area contributed by atoms with Gasteiger partial charge < -0.3 is 10.6 Å². The van der Waals surface area contributed by atoms with Crippen LogP contribution in [-0.2, 0) is 0 Å². The Morgan fingerprint density at radius 3 is 2.57 bits per heavy atom. The van der Waals surface area contributed by atoms with Crippen molar-refractivity contribution in [1.82, 2.24) is 15.0 Å². The number of hydrogen-bond donors (Lipinski definition) is 2. The molecule has 1 aromatic carbocycles. The van der Waals surface area contributed by atoms with Crippen LogP contribution in [0.3, 0.4) is 0 Å². The van der Waals surface area contributed by atoms with E-state index < -0.39 is 0 Å². The van der Waals surface area contributed by atoms with E-state index in [0.29, 0.717) is 17.5 Å². The molecule has 0 atom stereocenters. The van der Waals surface area contributed by atoms with Crippen LogP contribution in [0.25, 0.3) is 11.4 Å². The molecule has 116 valence electrons. The average Bonchev–Trinajstić information content (AvgIpc) is 2.58. The summed E-state index contributed by atoms with van der Waals surface area (Å²) in [4.78, 5) is 13.1. The third kappa shape index (κ3) is 3.42. The summed E-state index contributed by atoms with van der Waals surface area (Å²) in [7, 11) is 1.75. The highest BCUT2D eigenvalue weighted by molar-refractivity contribution is 5.66. The molecule has 5 nitrogen and oxygen atoms in total. The number of rotatable bonds is 4. The molecule has 0 saturated carbocycles. The van der Waals surface area contributed by atoms with Gasteiger partial charge >= 0.3 is 0 Å². The lowest BCUT2D eigenvalue weighted by Crippen LogP contribution is -2.03. The molecule has 2 aromatic heterocycles. The Balaban J connectivity index is 1.99. The van der Waals surface area contributed by atoms with Gasteiger partial charge in [0, 0.05) is 25.0 Å². The molecule has 0 fully saturated rings. The topological polar surface area (TPSA) is 62.7 Å². The van der Waals surface area contributed by atoms with Crippen LogP contribution in [0, 0.1) is 12.7 Å². The summed E-state index contributed by atoms with van der Waals surface area (Å²) in [6.07, 6.45) is 1.72. The Morgan fingerprint density at radius 2 is 1.87 bits per heavy atom. The van der Waals surface area contributed by atoms with Gasteiger partial charge in [-0.3, -0.25) is 4.98 Å². The largest absolute Gasteiger partial charge is 0.357 e. The van der Waals surface area contributed by atoms with Crippen LogP contribution in [0.2, 0.25) is 0 Å². The minimum absolute atomic E-state index is 0.263. The number of benzene rings is 1. The Morgan fingerprint density at radius 1 is 1.00 bits per heavy atom. The van der Waals surface area contributed by atoms with Gasteiger partial charge in [-0.2, -0.15) is 4.98 Å². The quantitative estimate of drug-likeness (QED) is 0.768. The molecule has 0 aliphatic rings. The van der Waals surface area contributed by atoms with Gasteiger partial charge in [-0.25, -0.2) is 9.37 Å². The maximum Gasteiger partial charge on any atom is 0.225 e. The molecule has 2 N–H and O–H groups in total. The number of anilines is 3. The highest BCUT2D eigenvalue weighted by Gasteiger charge is 2.08. The van der Waals surface area contributed by atoms with Gasteiger partial charge in [0.15, 0.2) is 0 Å². The van der Waals surface area contributed by atoms with Crippen molar-refractivity contribution in [3.05, 3.63) is 60.0 Å².